The summed E-state index contributed by atoms with van der Waals surface area (Å²) >= 11 is 0. The van der Waals surface area contributed by atoms with E-state index >= 15 is 0 Å². The lowest BCUT2D eigenvalue weighted by atomic mass is 9.43. The summed E-state index contributed by atoms with van der Waals surface area (Å²) in [7, 11) is 0. The van der Waals surface area contributed by atoms with E-state index in [9.17, 15) is 24.9 Å². The van der Waals surface area contributed by atoms with Crippen LogP contribution in [0.2, 0.25) is 0 Å². The molecule has 5 nitrogen and oxygen atoms in total. The Labute approximate surface area is 155 Å². The van der Waals surface area contributed by atoms with Gasteiger partial charge in [0.15, 0.2) is 5.78 Å². The minimum Gasteiger partial charge on any atom is -0.389 e. The molecule has 0 aromatic rings. The van der Waals surface area contributed by atoms with Crippen LogP contribution in [0.5, 0.6) is 0 Å². The van der Waals surface area contributed by atoms with Gasteiger partial charge in [0.1, 0.15) is 18.0 Å². The number of fused-ring (bicyclic) bond motifs is 5. The fourth-order valence-electron chi connectivity index (χ4n) is 7.61. The standard InChI is InChI=1S/C21H32O5/c1-18-7-5-14(23)11-13(18)3-4-16-15(18)6-8-19(2)20(16,25)9-10-21(19,26)17(24)12-22/h13,15-16,22,25-26H,3-12H2,1-2H3/t13-,15+,16-,18-,19-,20-,21+/m0/s1. The Morgan fingerprint density at radius 2 is 1.77 bits per heavy atom. The second kappa shape index (κ2) is 5.62. The van der Waals surface area contributed by atoms with Gasteiger partial charge in [-0.25, -0.2) is 0 Å². The van der Waals surface area contributed by atoms with Gasteiger partial charge in [0, 0.05) is 18.3 Å². The Bertz CT molecular complexity index is 646. The fraction of sp³-hybridized carbons (Fsp3) is 0.905. The third-order valence-electron chi connectivity index (χ3n) is 9.42. The maximum atomic E-state index is 12.4. The van der Waals surface area contributed by atoms with Crippen molar-refractivity contribution < 1.29 is 24.9 Å². The Hall–Kier alpha value is -0.780. The normalized spacial score (nSPS) is 53.6. The molecule has 0 radical (unpaired) electrons. The highest BCUT2D eigenvalue weighted by atomic mass is 16.3. The van der Waals surface area contributed by atoms with Crippen LogP contribution in [0.4, 0.5) is 0 Å². The highest BCUT2D eigenvalue weighted by molar-refractivity contribution is 5.89. The van der Waals surface area contributed by atoms with Crippen LogP contribution in [0.15, 0.2) is 0 Å². The lowest BCUT2D eigenvalue weighted by Gasteiger charge is -2.63. The van der Waals surface area contributed by atoms with Crippen molar-refractivity contribution in [1.82, 2.24) is 0 Å². The molecule has 0 heterocycles. The number of hydrogen-bond acceptors (Lipinski definition) is 5. The van der Waals surface area contributed by atoms with Gasteiger partial charge in [0.25, 0.3) is 0 Å². The molecule has 4 aliphatic rings. The molecule has 0 aliphatic heterocycles. The third kappa shape index (κ3) is 2.03. The van der Waals surface area contributed by atoms with E-state index in [0.29, 0.717) is 43.3 Å². The van der Waals surface area contributed by atoms with Gasteiger partial charge in [-0.15, -0.1) is 0 Å². The second-order valence-electron chi connectivity index (χ2n) is 9.97. The van der Waals surface area contributed by atoms with Crippen molar-refractivity contribution in [3.05, 3.63) is 0 Å². The maximum absolute atomic E-state index is 12.4. The van der Waals surface area contributed by atoms with E-state index < -0.39 is 29.0 Å². The Morgan fingerprint density at radius 1 is 1.04 bits per heavy atom. The summed E-state index contributed by atoms with van der Waals surface area (Å²) in [6.07, 6.45) is 6.08. The largest absolute Gasteiger partial charge is 0.389 e. The van der Waals surface area contributed by atoms with Gasteiger partial charge < -0.3 is 15.3 Å². The van der Waals surface area contributed by atoms with Crippen molar-refractivity contribution in [2.45, 2.75) is 82.8 Å². The van der Waals surface area contributed by atoms with Gasteiger partial charge in [0.2, 0.25) is 0 Å². The van der Waals surface area contributed by atoms with Crippen LogP contribution >= 0.6 is 0 Å². The van der Waals surface area contributed by atoms with Gasteiger partial charge in [-0.05, 0) is 68.1 Å². The highest BCUT2D eigenvalue weighted by Gasteiger charge is 2.73. The zero-order valence-corrected chi connectivity index (χ0v) is 16.0. The fourth-order valence-corrected chi connectivity index (χ4v) is 7.61. The lowest BCUT2D eigenvalue weighted by Crippen LogP contribution is -2.66. The van der Waals surface area contributed by atoms with Gasteiger partial charge in [0.05, 0.1) is 5.60 Å². The summed E-state index contributed by atoms with van der Waals surface area (Å²) in [5, 5.41) is 32.4. The number of aliphatic hydroxyl groups excluding tert-OH is 1. The van der Waals surface area contributed by atoms with E-state index in [0.717, 1.165) is 25.7 Å². The summed E-state index contributed by atoms with van der Waals surface area (Å²) in [6.45, 7) is 3.47. The summed E-state index contributed by atoms with van der Waals surface area (Å²) in [6, 6.07) is 0. The van der Waals surface area contributed by atoms with E-state index in [1.54, 1.807) is 0 Å². The van der Waals surface area contributed by atoms with E-state index in [1.807, 2.05) is 6.92 Å². The summed E-state index contributed by atoms with van der Waals surface area (Å²) in [4.78, 5) is 24.3. The van der Waals surface area contributed by atoms with E-state index in [1.165, 1.54) is 0 Å². The molecule has 0 amide bonds. The van der Waals surface area contributed by atoms with Gasteiger partial charge in [-0.2, -0.15) is 0 Å². The number of Topliss-reactive ketones (excluding diaryl/α,β-unsaturated/α-hetero) is 2. The Morgan fingerprint density at radius 3 is 2.46 bits per heavy atom. The molecule has 4 rings (SSSR count). The predicted octanol–water partition coefficient (Wildman–Crippen LogP) is 2.01. The Kier molecular flexibility index (Phi) is 4.01. The molecule has 4 fully saturated rings. The topological polar surface area (TPSA) is 94.8 Å². The first-order chi connectivity index (χ1) is 12.1. The predicted molar refractivity (Wildman–Crippen MR) is 95.2 cm³/mol. The number of aliphatic hydroxyl groups is 3. The minimum atomic E-state index is -1.64. The molecular formula is C21H32O5. The molecule has 4 saturated carbocycles. The molecule has 26 heavy (non-hydrogen) atoms. The minimum absolute atomic E-state index is 0.0521. The van der Waals surface area contributed by atoms with Crippen molar-refractivity contribution >= 4 is 11.6 Å². The lowest BCUT2D eigenvalue weighted by molar-refractivity contribution is -0.230. The van der Waals surface area contributed by atoms with Gasteiger partial charge in [-0.3, -0.25) is 9.59 Å². The van der Waals surface area contributed by atoms with Crippen LogP contribution in [0.3, 0.4) is 0 Å². The van der Waals surface area contributed by atoms with Crippen molar-refractivity contribution in [3.8, 4) is 0 Å². The van der Waals surface area contributed by atoms with Crippen LogP contribution in [-0.4, -0.2) is 44.7 Å². The first-order valence-corrected chi connectivity index (χ1v) is 10.2. The maximum Gasteiger partial charge on any atom is 0.190 e. The first kappa shape index (κ1) is 18.6. The highest BCUT2D eigenvalue weighted by Crippen LogP contribution is 2.69. The van der Waals surface area contributed by atoms with Crippen molar-refractivity contribution in [3.63, 3.8) is 0 Å². The Balaban J connectivity index is 1.71. The molecule has 0 unspecified atom stereocenters. The molecule has 0 aromatic heterocycles. The van der Waals surface area contributed by atoms with Crippen LogP contribution in [0.1, 0.15) is 71.6 Å². The third-order valence-corrected chi connectivity index (χ3v) is 9.42. The molecular weight excluding hydrogens is 332 g/mol. The summed E-state index contributed by atoms with van der Waals surface area (Å²) in [5.74, 6) is 0.596. The quantitative estimate of drug-likeness (QED) is 0.697. The summed E-state index contributed by atoms with van der Waals surface area (Å²) in [5.41, 5.74) is -3.56. The van der Waals surface area contributed by atoms with Crippen molar-refractivity contribution in [2.24, 2.45) is 28.6 Å². The average molecular weight is 364 g/mol. The van der Waals surface area contributed by atoms with Crippen LogP contribution < -0.4 is 0 Å². The average Bonchev–Trinajstić information content (AvgIpc) is 2.84. The van der Waals surface area contributed by atoms with Crippen LogP contribution in [0, 0.1) is 28.6 Å². The number of rotatable bonds is 2. The van der Waals surface area contributed by atoms with E-state index in [4.69, 9.17) is 0 Å². The number of ketones is 2. The number of carbonyl (C=O) groups excluding carboxylic acids is 2. The summed E-state index contributed by atoms with van der Waals surface area (Å²) < 4.78 is 0. The molecule has 3 N–H and O–H groups in total. The molecule has 0 spiro atoms. The monoisotopic (exact) mass is 364 g/mol. The zero-order valence-electron chi connectivity index (χ0n) is 16.0. The van der Waals surface area contributed by atoms with E-state index in [-0.39, 0.29) is 17.8 Å². The molecule has 5 heteroatoms. The number of carbonyl (C=O) groups is 2. The molecule has 0 bridgehead atoms. The SMILES string of the molecule is C[C@]12CCC(=O)C[C@@H]1CC[C@H]1[C@H]2CC[C@]2(C)[C@](O)(C(=O)CO)CC[C@]12O. The van der Waals surface area contributed by atoms with E-state index in [2.05, 4.69) is 6.92 Å². The van der Waals surface area contributed by atoms with Gasteiger partial charge in [-0.1, -0.05) is 13.8 Å². The van der Waals surface area contributed by atoms with Crippen molar-refractivity contribution in [1.29, 1.82) is 0 Å². The molecule has 0 saturated heterocycles. The zero-order chi connectivity index (χ0) is 19.0. The van der Waals surface area contributed by atoms with Crippen LogP contribution in [-0.2, 0) is 9.59 Å². The van der Waals surface area contributed by atoms with Crippen molar-refractivity contribution in [2.75, 3.05) is 6.61 Å². The smallest absolute Gasteiger partial charge is 0.190 e. The first-order valence-electron chi connectivity index (χ1n) is 10.2. The number of hydrogen-bond donors (Lipinski definition) is 3. The second-order valence-corrected chi connectivity index (χ2v) is 9.97. The van der Waals surface area contributed by atoms with Gasteiger partial charge >= 0.3 is 0 Å². The molecule has 0 aromatic carbocycles. The van der Waals surface area contributed by atoms with Crippen LogP contribution in [0.25, 0.3) is 0 Å². The molecule has 7 atom stereocenters. The molecule has 146 valence electrons. The molecule has 4 aliphatic carbocycles.